The molecule has 4 nitrogen and oxygen atoms in total. The van der Waals surface area contributed by atoms with Crippen LogP contribution in [0.1, 0.15) is 26.2 Å². The molecule has 0 aromatic rings. The number of nitrogens with two attached hydrogens (primary N) is 1. The van der Waals surface area contributed by atoms with E-state index in [-0.39, 0.29) is 11.8 Å². The van der Waals surface area contributed by atoms with Crippen LogP contribution < -0.4 is 11.1 Å². The molecule has 0 aliphatic heterocycles. The predicted octanol–water partition coefficient (Wildman–Crippen LogP) is 0.265. The van der Waals surface area contributed by atoms with Gasteiger partial charge < -0.3 is 15.8 Å². The first-order valence-electron chi connectivity index (χ1n) is 5.20. The number of hydrogen-bond donors (Lipinski definition) is 2. The molecular weight excluding hydrogens is 180 g/mol. The molecule has 1 rings (SSSR count). The average Bonchev–Trinajstić information content (AvgIpc) is 2.60. The fraction of sp³-hybridized carbons (Fsp3) is 0.900. The summed E-state index contributed by atoms with van der Waals surface area (Å²) >= 11 is 0. The molecule has 3 atom stereocenters. The van der Waals surface area contributed by atoms with Crippen LogP contribution in [0.2, 0.25) is 0 Å². The highest BCUT2D eigenvalue weighted by Gasteiger charge is 2.27. The number of hydrogen-bond acceptors (Lipinski definition) is 3. The molecule has 0 heterocycles. The number of methoxy groups -OCH3 is 1. The molecule has 14 heavy (non-hydrogen) atoms. The zero-order valence-electron chi connectivity index (χ0n) is 8.95. The molecule has 0 saturated heterocycles. The van der Waals surface area contributed by atoms with Gasteiger partial charge in [0.25, 0.3) is 0 Å². The largest absolute Gasteiger partial charge is 0.380 e. The number of rotatable bonds is 5. The summed E-state index contributed by atoms with van der Waals surface area (Å²) in [5.74, 6) is -0.349. The van der Waals surface area contributed by atoms with Crippen molar-refractivity contribution in [3.8, 4) is 0 Å². The number of amides is 1. The van der Waals surface area contributed by atoms with E-state index in [4.69, 9.17) is 10.5 Å². The van der Waals surface area contributed by atoms with Crippen molar-refractivity contribution in [3.63, 3.8) is 0 Å². The maximum absolute atomic E-state index is 10.8. The van der Waals surface area contributed by atoms with Crippen molar-refractivity contribution in [2.75, 3.05) is 13.7 Å². The summed E-state index contributed by atoms with van der Waals surface area (Å²) in [5, 5.41) is 3.34. The monoisotopic (exact) mass is 200 g/mol. The third kappa shape index (κ3) is 2.96. The molecule has 0 aromatic heterocycles. The van der Waals surface area contributed by atoms with E-state index in [0.717, 1.165) is 12.8 Å². The predicted molar refractivity (Wildman–Crippen MR) is 54.8 cm³/mol. The summed E-state index contributed by atoms with van der Waals surface area (Å²) in [4.78, 5) is 10.8. The Labute approximate surface area is 85.2 Å². The first-order valence-corrected chi connectivity index (χ1v) is 5.20. The molecular formula is C10H20N2O2. The Balaban J connectivity index is 2.26. The van der Waals surface area contributed by atoms with Gasteiger partial charge >= 0.3 is 0 Å². The van der Waals surface area contributed by atoms with Gasteiger partial charge in [-0.1, -0.05) is 6.92 Å². The Bertz CT molecular complexity index is 197. The van der Waals surface area contributed by atoms with Crippen LogP contribution in [0.5, 0.6) is 0 Å². The lowest BCUT2D eigenvalue weighted by atomic mass is 10.1. The summed E-state index contributed by atoms with van der Waals surface area (Å²) in [7, 11) is 1.74. The third-order valence-corrected chi connectivity index (χ3v) is 2.93. The van der Waals surface area contributed by atoms with Crippen molar-refractivity contribution in [1.82, 2.24) is 5.32 Å². The standard InChI is InChI=1S/C10H20N2O2/c1-7(10(11)13)6-12-8-4-3-5-9(8)14-2/h7-9,12H,3-6H2,1-2H3,(H2,11,13). The van der Waals surface area contributed by atoms with Crippen LogP contribution in [0.15, 0.2) is 0 Å². The van der Waals surface area contributed by atoms with Crippen LogP contribution in [0, 0.1) is 5.92 Å². The fourth-order valence-electron chi connectivity index (χ4n) is 1.87. The summed E-state index contributed by atoms with van der Waals surface area (Å²) in [5.41, 5.74) is 5.18. The Morgan fingerprint density at radius 1 is 1.64 bits per heavy atom. The van der Waals surface area contributed by atoms with Crippen LogP contribution in [0.25, 0.3) is 0 Å². The van der Waals surface area contributed by atoms with Crippen molar-refractivity contribution in [2.45, 2.75) is 38.3 Å². The summed E-state index contributed by atoms with van der Waals surface area (Å²) in [6, 6.07) is 0.391. The van der Waals surface area contributed by atoms with E-state index in [1.807, 2.05) is 6.92 Å². The van der Waals surface area contributed by atoms with Gasteiger partial charge in [-0.05, 0) is 19.3 Å². The van der Waals surface area contributed by atoms with Crippen LogP contribution in [0.3, 0.4) is 0 Å². The maximum atomic E-state index is 10.8. The van der Waals surface area contributed by atoms with Crippen molar-refractivity contribution in [3.05, 3.63) is 0 Å². The van der Waals surface area contributed by atoms with E-state index >= 15 is 0 Å². The Kier molecular flexibility index (Phi) is 4.35. The Morgan fingerprint density at radius 2 is 2.36 bits per heavy atom. The van der Waals surface area contributed by atoms with Crippen molar-refractivity contribution >= 4 is 5.91 Å². The zero-order valence-corrected chi connectivity index (χ0v) is 8.95. The zero-order chi connectivity index (χ0) is 10.6. The van der Waals surface area contributed by atoms with Gasteiger partial charge in [-0.3, -0.25) is 4.79 Å². The molecule has 1 aliphatic carbocycles. The molecule has 82 valence electrons. The van der Waals surface area contributed by atoms with Gasteiger partial charge in [0.1, 0.15) is 0 Å². The Morgan fingerprint density at radius 3 is 2.93 bits per heavy atom. The van der Waals surface area contributed by atoms with Crippen molar-refractivity contribution in [1.29, 1.82) is 0 Å². The third-order valence-electron chi connectivity index (χ3n) is 2.93. The molecule has 1 saturated carbocycles. The first-order chi connectivity index (χ1) is 6.65. The van der Waals surface area contributed by atoms with Gasteiger partial charge in [0.15, 0.2) is 0 Å². The van der Waals surface area contributed by atoms with Crippen molar-refractivity contribution < 1.29 is 9.53 Å². The molecule has 1 amide bonds. The second-order valence-electron chi connectivity index (χ2n) is 4.02. The second kappa shape index (κ2) is 5.32. The molecule has 3 N–H and O–H groups in total. The van der Waals surface area contributed by atoms with Crippen LogP contribution in [0.4, 0.5) is 0 Å². The molecule has 4 heteroatoms. The number of primary amides is 1. The minimum Gasteiger partial charge on any atom is -0.380 e. The first kappa shape index (κ1) is 11.5. The van der Waals surface area contributed by atoms with E-state index in [1.54, 1.807) is 7.11 Å². The van der Waals surface area contributed by atoms with E-state index in [9.17, 15) is 4.79 Å². The van der Waals surface area contributed by atoms with E-state index in [1.165, 1.54) is 6.42 Å². The number of nitrogens with one attached hydrogen (secondary N) is 1. The molecule has 0 aromatic carbocycles. The lowest BCUT2D eigenvalue weighted by molar-refractivity contribution is -0.121. The minimum atomic E-state index is -0.246. The van der Waals surface area contributed by atoms with E-state index < -0.39 is 0 Å². The van der Waals surface area contributed by atoms with Gasteiger partial charge in [-0.25, -0.2) is 0 Å². The summed E-state index contributed by atoms with van der Waals surface area (Å²) in [6.45, 7) is 2.49. The molecule has 0 radical (unpaired) electrons. The van der Waals surface area contributed by atoms with Gasteiger partial charge in [-0.2, -0.15) is 0 Å². The van der Waals surface area contributed by atoms with Gasteiger partial charge in [0.05, 0.1) is 6.10 Å². The number of ether oxygens (including phenoxy) is 1. The molecule has 0 spiro atoms. The highest BCUT2D eigenvalue weighted by molar-refractivity contribution is 5.76. The highest BCUT2D eigenvalue weighted by Crippen LogP contribution is 2.21. The lowest BCUT2D eigenvalue weighted by Gasteiger charge is -2.20. The highest BCUT2D eigenvalue weighted by atomic mass is 16.5. The van der Waals surface area contributed by atoms with E-state index in [2.05, 4.69) is 5.32 Å². The van der Waals surface area contributed by atoms with Crippen LogP contribution >= 0.6 is 0 Å². The molecule has 3 unspecified atom stereocenters. The van der Waals surface area contributed by atoms with Crippen molar-refractivity contribution in [2.24, 2.45) is 11.7 Å². The fourth-order valence-corrected chi connectivity index (χ4v) is 1.87. The smallest absolute Gasteiger partial charge is 0.221 e. The molecule has 0 bridgehead atoms. The topological polar surface area (TPSA) is 64.3 Å². The average molecular weight is 200 g/mol. The molecule has 1 aliphatic rings. The van der Waals surface area contributed by atoms with Gasteiger partial charge in [0, 0.05) is 25.6 Å². The summed E-state index contributed by atoms with van der Waals surface area (Å²) < 4.78 is 5.34. The SMILES string of the molecule is COC1CCCC1NCC(C)C(N)=O. The van der Waals surface area contributed by atoms with Gasteiger partial charge in [0.2, 0.25) is 5.91 Å². The summed E-state index contributed by atoms with van der Waals surface area (Å²) in [6.07, 6.45) is 3.74. The Hall–Kier alpha value is -0.610. The van der Waals surface area contributed by atoms with Crippen LogP contribution in [-0.2, 0) is 9.53 Å². The van der Waals surface area contributed by atoms with E-state index in [0.29, 0.717) is 18.7 Å². The molecule has 1 fully saturated rings. The minimum absolute atomic E-state index is 0.104. The normalized spacial score (nSPS) is 29.0. The number of carbonyl (C=O) groups is 1. The number of carbonyl (C=O) groups excluding carboxylic acids is 1. The lowest BCUT2D eigenvalue weighted by Crippen LogP contribution is -2.41. The second-order valence-corrected chi connectivity index (χ2v) is 4.02. The van der Waals surface area contributed by atoms with Crippen LogP contribution in [-0.4, -0.2) is 31.7 Å². The van der Waals surface area contributed by atoms with Gasteiger partial charge in [-0.15, -0.1) is 0 Å². The maximum Gasteiger partial charge on any atom is 0.221 e. The quantitative estimate of drug-likeness (QED) is 0.669.